The van der Waals surface area contributed by atoms with Crippen LogP contribution in [0.3, 0.4) is 0 Å². The van der Waals surface area contributed by atoms with Gasteiger partial charge in [0.05, 0.1) is 16.4 Å². The molecule has 16 heavy (non-hydrogen) atoms. The third-order valence-corrected chi connectivity index (χ3v) is 3.78. The molecular formula is C11H18BrN3O. The van der Waals surface area contributed by atoms with Crippen LogP contribution in [-0.4, -0.2) is 22.7 Å². The summed E-state index contributed by atoms with van der Waals surface area (Å²) in [6.45, 7) is 6.09. The summed E-state index contributed by atoms with van der Waals surface area (Å²) in [4.78, 5) is 4.23. The Morgan fingerprint density at radius 3 is 2.75 bits per heavy atom. The average molecular weight is 288 g/mol. The Bertz CT molecular complexity index is 370. The van der Waals surface area contributed by atoms with E-state index >= 15 is 0 Å². The number of aromatic nitrogens is 1. The molecule has 90 valence electrons. The van der Waals surface area contributed by atoms with Crippen molar-refractivity contribution in [2.75, 3.05) is 17.7 Å². The lowest BCUT2D eigenvalue weighted by molar-refractivity contribution is 0.226. The van der Waals surface area contributed by atoms with Gasteiger partial charge in [-0.05, 0) is 41.3 Å². The van der Waals surface area contributed by atoms with Gasteiger partial charge in [0.15, 0.2) is 0 Å². The molecule has 0 aliphatic rings. The minimum atomic E-state index is 0.150. The standard InChI is InChI=1S/C11H18BrN3O/c1-6(5-16)8(3)15-11-10(12)7(2)9(13)4-14-11/h4,6,8,16H,5,13H2,1-3H3,(H,14,15). The first kappa shape index (κ1) is 13.3. The van der Waals surface area contributed by atoms with Crippen LogP contribution in [0, 0.1) is 12.8 Å². The van der Waals surface area contributed by atoms with Gasteiger partial charge >= 0.3 is 0 Å². The van der Waals surface area contributed by atoms with E-state index in [4.69, 9.17) is 10.8 Å². The molecular weight excluding hydrogens is 270 g/mol. The quantitative estimate of drug-likeness (QED) is 0.794. The smallest absolute Gasteiger partial charge is 0.140 e. The number of nitrogens with zero attached hydrogens (tertiary/aromatic N) is 1. The monoisotopic (exact) mass is 287 g/mol. The van der Waals surface area contributed by atoms with Gasteiger partial charge in [0.2, 0.25) is 0 Å². The SMILES string of the molecule is Cc1c(N)cnc(NC(C)C(C)CO)c1Br. The molecule has 0 bridgehead atoms. The van der Waals surface area contributed by atoms with E-state index < -0.39 is 0 Å². The molecule has 0 fully saturated rings. The number of anilines is 2. The molecule has 0 amide bonds. The first-order valence-electron chi connectivity index (χ1n) is 5.25. The summed E-state index contributed by atoms with van der Waals surface area (Å²) in [6.07, 6.45) is 1.64. The highest BCUT2D eigenvalue weighted by atomic mass is 79.9. The first-order chi connectivity index (χ1) is 7.47. The van der Waals surface area contributed by atoms with E-state index in [1.807, 2.05) is 20.8 Å². The van der Waals surface area contributed by atoms with Crippen LogP contribution in [-0.2, 0) is 0 Å². The van der Waals surface area contributed by atoms with Crippen molar-refractivity contribution >= 4 is 27.4 Å². The fourth-order valence-corrected chi connectivity index (χ4v) is 1.65. The summed E-state index contributed by atoms with van der Waals surface area (Å²) in [5, 5.41) is 12.3. The summed E-state index contributed by atoms with van der Waals surface area (Å²) < 4.78 is 0.879. The van der Waals surface area contributed by atoms with Crippen LogP contribution in [0.5, 0.6) is 0 Å². The first-order valence-corrected chi connectivity index (χ1v) is 6.04. The van der Waals surface area contributed by atoms with Gasteiger partial charge in [-0.15, -0.1) is 0 Å². The summed E-state index contributed by atoms with van der Waals surface area (Å²) in [5.74, 6) is 0.936. The van der Waals surface area contributed by atoms with Crippen molar-refractivity contribution in [3.8, 4) is 0 Å². The van der Waals surface area contributed by atoms with Gasteiger partial charge in [-0.1, -0.05) is 6.92 Å². The van der Waals surface area contributed by atoms with E-state index in [1.165, 1.54) is 0 Å². The predicted molar refractivity (Wildman–Crippen MR) is 70.4 cm³/mol. The van der Waals surface area contributed by atoms with Gasteiger partial charge in [-0.2, -0.15) is 0 Å². The second kappa shape index (κ2) is 5.50. The molecule has 5 heteroatoms. The molecule has 1 aromatic rings. The van der Waals surface area contributed by atoms with Crippen LogP contribution in [0.4, 0.5) is 11.5 Å². The number of hydrogen-bond donors (Lipinski definition) is 3. The molecule has 0 aromatic carbocycles. The summed E-state index contributed by atoms with van der Waals surface area (Å²) in [7, 11) is 0. The maximum atomic E-state index is 9.06. The third-order valence-electron chi connectivity index (χ3n) is 2.81. The number of rotatable bonds is 4. The van der Waals surface area contributed by atoms with Crippen LogP contribution in [0.15, 0.2) is 10.7 Å². The molecule has 4 nitrogen and oxygen atoms in total. The van der Waals surface area contributed by atoms with Gasteiger partial charge in [0.25, 0.3) is 0 Å². The summed E-state index contributed by atoms with van der Waals surface area (Å²) in [6, 6.07) is 0.150. The number of aliphatic hydroxyl groups is 1. The minimum Gasteiger partial charge on any atom is -0.397 e. The van der Waals surface area contributed by atoms with E-state index in [1.54, 1.807) is 6.20 Å². The molecule has 0 spiro atoms. The Balaban J connectivity index is 2.86. The molecule has 1 rings (SSSR count). The number of pyridine rings is 1. The van der Waals surface area contributed by atoms with Crippen molar-refractivity contribution in [3.05, 3.63) is 16.2 Å². The van der Waals surface area contributed by atoms with E-state index in [2.05, 4.69) is 26.2 Å². The number of nitrogens with two attached hydrogens (primary N) is 1. The lowest BCUT2D eigenvalue weighted by Crippen LogP contribution is -2.27. The molecule has 1 aromatic heterocycles. The topological polar surface area (TPSA) is 71.2 Å². The Labute approximate surface area is 104 Å². The zero-order chi connectivity index (χ0) is 12.3. The Morgan fingerprint density at radius 1 is 1.56 bits per heavy atom. The lowest BCUT2D eigenvalue weighted by Gasteiger charge is -2.21. The maximum Gasteiger partial charge on any atom is 0.140 e. The molecule has 0 saturated heterocycles. The van der Waals surface area contributed by atoms with Gasteiger partial charge in [-0.25, -0.2) is 4.98 Å². The molecule has 0 saturated carbocycles. The number of hydrogen-bond acceptors (Lipinski definition) is 4. The maximum absolute atomic E-state index is 9.06. The van der Waals surface area contributed by atoms with Crippen molar-refractivity contribution in [1.82, 2.24) is 4.98 Å². The van der Waals surface area contributed by atoms with Gasteiger partial charge < -0.3 is 16.2 Å². The molecule has 1 heterocycles. The zero-order valence-corrected chi connectivity index (χ0v) is 11.4. The van der Waals surface area contributed by atoms with Gasteiger partial charge in [0.1, 0.15) is 5.82 Å². The van der Waals surface area contributed by atoms with Crippen molar-refractivity contribution in [3.63, 3.8) is 0 Å². The normalized spacial score (nSPS) is 14.6. The van der Waals surface area contributed by atoms with Crippen LogP contribution in [0.1, 0.15) is 19.4 Å². The fourth-order valence-electron chi connectivity index (χ4n) is 1.21. The molecule has 2 unspecified atom stereocenters. The Morgan fingerprint density at radius 2 is 2.19 bits per heavy atom. The Kier molecular flexibility index (Phi) is 4.56. The number of halogens is 1. The van der Waals surface area contributed by atoms with Gasteiger partial charge in [0, 0.05) is 12.6 Å². The molecule has 0 aliphatic carbocycles. The predicted octanol–water partition coefficient (Wildman–Crippen LogP) is 2.16. The second-order valence-electron chi connectivity index (χ2n) is 4.09. The molecule has 2 atom stereocenters. The van der Waals surface area contributed by atoms with Crippen molar-refractivity contribution in [2.24, 2.45) is 5.92 Å². The largest absolute Gasteiger partial charge is 0.397 e. The van der Waals surface area contributed by atoms with E-state index in [0.717, 1.165) is 15.9 Å². The molecule has 0 aliphatic heterocycles. The highest BCUT2D eigenvalue weighted by Crippen LogP contribution is 2.28. The number of nitrogen functional groups attached to an aromatic ring is 1. The van der Waals surface area contributed by atoms with Crippen LogP contribution in [0.2, 0.25) is 0 Å². The highest BCUT2D eigenvalue weighted by molar-refractivity contribution is 9.10. The Hall–Kier alpha value is -0.810. The fraction of sp³-hybridized carbons (Fsp3) is 0.545. The highest BCUT2D eigenvalue weighted by Gasteiger charge is 2.14. The van der Waals surface area contributed by atoms with Crippen LogP contribution in [0.25, 0.3) is 0 Å². The van der Waals surface area contributed by atoms with Crippen molar-refractivity contribution < 1.29 is 5.11 Å². The zero-order valence-electron chi connectivity index (χ0n) is 9.79. The number of aliphatic hydroxyl groups excluding tert-OH is 1. The third kappa shape index (κ3) is 2.86. The van der Waals surface area contributed by atoms with E-state index in [0.29, 0.717) is 5.69 Å². The molecule has 4 N–H and O–H groups in total. The van der Waals surface area contributed by atoms with Crippen LogP contribution >= 0.6 is 15.9 Å². The van der Waals surface area contributed by atoms with Crippen molar-refractivity contribution in [1.29, 1.82) is 0 Å². The van der Waals surface area contributed by atoms with Crippen LogP contribution < -0.4 is 11.1 Å². The van der Waals surface area contributed by atoms with Crippen molar-refractivity contribution in [2.45, 2.75) is 26.8 Å². The average Bonchev–Trinajstić information content (AvgIpc) is 2.28. The summed E-state index contributed by atoms with van der Waals surface area (Å²) in [5.41, 5.74) is 7.39. The second-order valence-corrected chi connectivity index (χ2v) is 4.89. The van der Waals surface area contributed by atoms with Gasteiger partial charge in [-0.3, -0.25) is 0 Å². The van der Waals surface area contributed by atoms with E-state index in [9.17, 15) is 0 Å². The van der Waals surface area contributed by atoms with E-state index in [-0.39, 0.29) is 18.6 Å². The lowest BCUT2D eigenvalue weighted by atomic mass is 10.1. The summed E-state index contributed by atoms with van der Waals surface area (Å²) >= 11 is 3.46. The minimum absolute atomic E-state index is 0.150. The molecule has 0 radical (unpaired) electrons. The number of nitrogens with one attached hydrogen (secondary N) is 1.